The van der Waals surface area contributed by atoms with Crippen molar-refractivity contribution in [3.8, 4) is 0 Å². The van der Waals surface area contributed by atoms with Crippen molar-refractivity contribution in [3.63, 3.8) is 0 Å². The lowest BCUT2D eigenvalue weighted by molar-refractivity contribution is 0.197. The molecule has 0 radical (unpaired) electrons. The minimum Gasteiger partial charge on any atom is -0.395 e. The smallest absolute Gasteiger partial charge is 0.141 e. The minimum atomic E-state index is -0.0212. The molecule has 0 aromatic carbocycles. The summed E-state index contributed by atoms with van der Waals surface area (Å²) in [6.45, 7) is 4.45. The number of aliphatic hydroxyl groups is 1. The molecule has 5 heteroatoms. The molecule has 1 aromatic rings. The van der Waals surface area contributed by atoms with Gasteiger partial charge in [0, 0.05) is 19.3 Å². The van der Waals surface area contributed by atoms with Crippen LogP contribution >= 0.6 is 0 Å². The summed E-state index contributed by atoms with van der Waals surface area (Å²) in [5.41, 5.74) is 6.92. The summed E-state index contributed by atoms with van der Waals surface area (Å²) in [6.07, 6.45) is 1.65. The van der Waals surface area contributed by atoms with E-state index in [1.807, 2.05) is 19.1 Å². The highest BCUT2D eigenvalue weighted by Crippen LogP contribution is 2.05. The van der Waals surface area contributed by atoms with Crippen molar-refractivity contribution in [2.75, 3.05) is 19.7 Å². The maximum Gasteiger partial charge on any atom is 0.141 e. The Hall–Kier alpha value is -1.46. The second-order valence-corrected chi connectivity index (χ2v) is 3.56. The van der Waals surface area contributed by atoms with Gasteiger partial charge in [-0.05, 0) is 24.2 Å². The lowest BCUT2D eigenvalue weighted by Gasteiger charge is -2.19. The molecule has 1 aromatic heterocycles. The Bertz CT molecular complexity index is 354. The second-order valence-electron chi connectivity index (χ2n) is 3.56. The van der Waals surface area contributed by atoms with Gasteiger partial charge in [0.25, 0.3) is 0 Å². The van der Waals surface area contributed by atoms with E-state index in [-0.39, 0.29) is 12.4 Å². The van der Waals surface area contributed by atoms with Crippen molar-refractivity contribution in [2.24, 2.45) is 5.73 Å². The number of rotatable bonds is 6. The highest BCUT2D eigenvalue weighted by atomic mass is 16.3. The van der Waals surface area contributed by atoms with Crippen molar-refractivity contribution in [1.29, 1.82) is 5.41 Å². The van der Waals surface area contributed by atoms with Crippen LogP contribution in [0.2, 0.25) is 0 Å². The Kier molecular flexibility index (Phi) is 4.88. The third-order valence-corrected chi connectivity index (χ3v) is 2.37. The van der Waals surface area contributed by atoms with Crippen LogP contribution in [0.4, 0.5) is 0 Å². The van der Waals surface area contributed by atoms with E-state index in [2.05, 4.69) is 9.88 Å². The van der Waals surface area contributed by atoms with E-state index in [1.165, 1.54) is 0 Å². The zero-order valence-electron chi connectivity index (χ0n) is 9.48. The van der Waals surface area contributed by atoms with Gasteiger partial charge in [0.05, 0.1) is 6.61 Å². The van der Waals surface area contributed by atoms with Crippen molar-refractivity contribution in [1.82, 2.24) is 9.88 Å². The van der Waals surface area contributed by atoms with Crippen LogP contribution in [0.25, 0.3) is 0 Å². The highest BCUT2D eigenvalue weighted by molar-refractivity contribution is 5.93. The van der Waals surface area contributed by atoms with E-state index in [1.54, 1.807) is 6.20 Å². The first kappa shape index (κ1) is 12.6. The fourth-order valence-corrected chi connectivity index (χ4v) is 1.47. The van der Waals surface area contributed by atoms with E-state index in [4.69, 9.17) is 16.2 Å². The fourth-order valence-electron chi connectivity index (χ4n) is 1.47. The predicted molar refractivity (Wildman–Crippen MR) is 63.3 cm³/mol. The number of aromatic nitrogens is 1. The summed E-state index contributed by atoms with van der Waals surface area (Å²) in [6, 6.07) is 3.70. The third kappa shape index (κ3) is 3.60. The van der Waals surface area contributed by atoms with E-state index in [0.717, 1.165) is 18.7 Å². The van der Waals surface area contributed by atoms with Gasteiger partial charge in [-0.15, -0.1) is 0 Å². The van der Waals surface area contributed by atoms with Crippen LogP contribution in [0.3, 0.4) is 0 Å². The number of hydrogen-bond donors (Lipinski definition) is 3. The molecule has 0 bridgehead atoms. The molecule has 0 unspecified atom stereocenters. The molecule has 1 rings (SSSR count). The molecule has 4 N–H and O–H groups in total. The number of amidine groups is 1. The van der Waals surface area contributed by atoms with Gasteiger partial charge in [-0.25, -0.2) is 0 Å². The summed E-state index contributed by atoms with van der Waals surface area (Å²) < 4.78 is 0. The van der Waals surface area contributed by atoms with Crippen LogP contribution < -0.4 is 5.73 Å². The Morgan fingerprint density at radius 3 is 2.94 bits per heavy atom. The standard InChI is InChI=1S/C11H18N4O/c1-2-15(5-6-16)8-9-3-4-14-10(7-9)11(12)13/h3-4,7,16H,2,5-6,8H2,1H3,(H3,12,13). The minimum absolute atomic E-state index is 0.0212. The largest absolute Gasteiger partial charge is 0.395 e. The monoisotopic (exact) mass is 222 g/mol. The van der Waals surface area contributed by atoms with Gasteiger partial charge in [-0.3, -0.25) is 15.3 Å². The van der Waals surface area contributed by atoms with Gasteiger partial charge in [-0.1, -0.05) is 6.92 Å². The first-order valence-corrected chi connectivity index (χ1v) is 5.30. The number of pyridine rings is 1. The molecule has 0 atom stereocenters. The number of nitrogens with one attached hydrogen (secondary N) is 1. The lowest BCUT2D eigenvalue weighted by atomic mass is 10.2. The molecule has 0 spiro atoms. The Balaban J connectivity index is 2.72. The molecule has 0 aliphatic rings. The van der Waals surface area contributed by atoms with Gasteiger partial charge in [-0.2, -0.15) is 0 Å². The molecular weight excluding hydrogens is 204 g/mol. The second kappa shape index (κ2) is 6.19. The van der Waals surface area contributed by atoms with Gasteiger partial charge in [0.15, 0.2) is 0 Å². The first-order valence-electron chi connectivity index (χ1n) is 5.30. The molecule has 0 saturated carbocycles. The van der Waals surface area contributed by atoms with Gasteiger partial charge >= 0.3 is 0 Å². The maximum absolute atomic E-state index is 8.88. The third-order valence-electron chi connectivity index (χ3n) is 2.37. The van der Waals surface area contributed by atoms with Crippen molar-refractivity contribution in [2.45, 2.75) is 13.5 Å². The molecule has 1 heterocycles. The number of nitrogen functional groups attached to an aromatic ring is 1. The summed E-state index contributed by atoms with van der Waals surface area (Å²) >= 11 is 0. The van der Waals surface area contributed by atoms with E-state index >= 15 is 0 Å². The van der Waals surface area contributed by atoms with Crippen molar-refractivity contribution >= 4 is 5.84 Å². The predicted octanol–water partition coefficient (Wildman–Crippen LogP) is 0.180. The van der Waals surface area contributed by atoms with E-state index in [9.17, 15) is 0 Å². The quantitative estimate of drug-likeness (QED) is 0.473. The molecule has 5 nitrogen and oxygen atoms in total. The molecule has 0 aliphatic carbocycles. The fraction of sp³-hybridized carbons (Fsp3) is 0.455. The number of aliphatic hydroxyl groups excluding tert-OH is 1. The first-order chi connectivity index (χ1) is 7.67. The molecule has 16 heavy (non-hydrogen) atoms. The zero-order valence-corrected chi connectivity index (χ0v) is 9.48. The van der Waals surface area contributed by atoms with Crippen LogP contribution in [-0.4, -0.2) is 40.5 Å². The SMILES string of the molecule is CCN(CCO)Cc1ccnc(C(=N)N)c1. The van der Waals surface area contributed by atoms with Crippen LogP contribution in [0.5, 0.6) is 0 Å². The highest BCUT2D eigenvalue weighted by Gasteiger charge is 2.05. The van der Waals surface area contributed by atoms with Gasteiger partial charge in [0.2, 0.25) is 0 Å². The number of likely N-dealkylation sites (N-methyl/N-ethyl adjacent to an activating group) is 1. The van der Waals surface area contributed by atoms with Crippen molar-refractivity contribution < 1.29 is 5.11 Å². The zero-order chi connectivity index (χ0) is 12.0. The lowest BCUT2D eigenvalue weighted by Crippen LogP contribution is -2.26. The average molecular weight is 222 g/mol. The summed E-state index contributed by atoms with van der Waals surface area (Å²) in [5.74, 6) is -0.0212. The van der Waals surface area contributed by atoms with Crippen LogP contribution in [0, 0.1) is 5.41 Å². The molecule has 0 fully saturated rings. The summed E-state index contributed by atoms with van der Waals surface area (Å²) in [5, 5.41) is 16.2. The average Bonchev–Trinajstić information content (AvgIpc) is 2.29. The normalized spacial score (nSPS) is 10.7. The number of nitrogens with two attached hydrogens (primary N) is 1. The maximum atomic E-state index is 8.88. The molecule has 0 aliphatic heterocycles. The van der Waals surface area contributed by atoms with E-state index in [0.29, 0.717) is 12.2 Å². The summed E-state index contributed by atoms with van der Waals surface area (Å²) in [4.78, 5) is 6.11. The number of hydrogen-bond acceptors (Lipinski definition) is 4. The van der Waals surface area contributed by atoms with Crippen LogP contribution in [0.15, 0.2) is 18.3 Å². The van der Waals surface area contributed by atoms with Crippen LogP contribution in [0.1, 0.15) is 18.2 Å². The van der Waals surface area contributed by atoms with E-state index < -0.39 is 0 Å². The van der Waals surface area contributed by atoms with Crippen LogP contribution in [-0.2, 0) is 6.54 Å². The Morgan fingerprint density at radius 1 is 1.62 bits per heavy atom. The Labute approximate surface area is 95.4 Å². The molecule has 0 amide bonds. The van der Waals surface area contributed by atoms with Gasteiger partial charge < -0.3 is 10.8 Å². The number of nitrogens with zero attached hydrogens (tertiary/aromatic N) is 2. The Morgan fingerprint density at radius 2 is 2.38 bits per heavy atom. The van der Waals surface area contributed by atoms with Gasteiger partial charge in [0.1, 0.15) is 11.5 Å². The molecule has 88 valence electrons. The summed E-state index contributed by atoms with van der Waals surface area (Å²) in [7, 11) is 0. The molecule has 0 saturated heterocycles. The molecular formula is C11H18N4O. The van der Waals surface area contributed by atoms with Crippen molar-refractivity contribution in [3.05, 3.63) is 29.6 Å². The topological polar surface area (TPSA) is 86.2 Å².